The van der Waals surface area contributed by atoms with Gasteiger partial charge in [-0.1, -0.05) is 36.7 Å². The van der Waals surface area contributed by atoms with Gasteiger partial charge in [0.15, 0.2) is 0 Å². The first-order valence-corrected chi connectivity index (χ1v) is 7.20. The van der Waals surface area contributed by atoms with Gasteiger partial charge in [0.2, 0.25) is 0 Å². The summed E-state index contributed by atoms with van der Waals surface area (Å²) in [6, 6.07) is 8.47. The van der Waals surface area contributed by atoms with Crippen molar-refractivity contribution in [2.75, 3.05) is 26.7 Å². The van der Waals surface area contributed by atoms with E-state index in [1.165, 1.54) is 18.4 Å². The molecule has 2 nitrogen and oxygen atoms in total. The van der Waals surface area contributed by atoms with Gasteiger partial charge in [-0.05, 0) is 58.1 Å². The van der Waals surface area contributed by atoms with E-state index in [4.69, 9.17) is 11.6 Å². The maximum atomic E-state index is 6.23. The molecule has 0 fully saturated rings. The van der Waals surface area contributed by atoms with Crippen LogP contribution in [0.2, 0.25) is 5.02 Å². The first-order valence-electron chi connectivity index (χ1n) is 6.82. The molecule has 0 saturated carbocycles. The minimum absolute atomic E-state index is 0.366. The first-order chi connectivity index (χ1) is 8.66. The molecule has 0 aromatic heterocycles. The molecule has 0 radical (unpaired) electrons. The second-order valence-electron chi connectivity index (χ2n) is 4.78. The second kappa shape index (κ2) is 8.52. The Morgan fingerprint density at radius 3 is 2.67 bits per heavy atom. The summed E-state index contributed by atoms with van der Waals surface area (Å²) in [6.07, 6.45) is 2.37. The van der Waals surface area contributed by atoms with Crippen LogP contribution in [0.15, 0.2) is 24.3 Å². The predicted molar refractivity (Wildman–Crippen MR) is 80.3 cm³/mol. The van der Waals surface area contributed by atoms with Crippen molar-refractivity contribution < 1.29 is 0 Å². The molecule has 1 atom stereocenters. The van der Waals surface area contributed by atoms with Gasteiger partial charge >= 0.3 is 0 Å². The van der Waals surface area contributed by atoms with Gasteiger partial charge in [-0.3, -0.25) is 4.90 Å². The number of nitrogens with one attached hydrogen (secondary N) is 1. The fraction of sp³-hybridized carbons (Fsp3) is 0.600. The van der Waals surface area contributed by atoms with E-state index in [2.05, 4.69) is 37.2 Å². The molecular formula is C15H25ClN2. The molecule has 1 aromatic rings. The van der Waals surface area contributed by atoms with E-state index in [0.29, 0.717) is 6.04 Å². The Hall–Kier alpha value is -0.570. The Morgan fingerprint density at radius 1 is 1.28 bits per heavy atom. The smallest absolute Gasteiger partial charge is 0.0453 e. The number of nitrogens with zero attached hydrogens (tertiary/aromatic N) is 1. The lowest BCUT2D eigenvalue weighted by Gasteiger charge is -2.25. The third-order valence-corrected chi connectivity index (χ3v) is 3.65. The van der Waals surface area contributed by atoms with Crippen LogP contribution in [0.25, 0.3) is 0 Å². The van der Waals surface area contributed by atoms with E-state index in [-0.39, 0.29) is 0 Å². The van der Waals surface area contributed by atoms with E-state index < -0.39 is 0 Å². The minimum atomic E-state index is 0.366. The van der Waals surface area contributed by atoms with Crippen molar-refractivity contribution >= 4 is 11.6 Å². The summed E-state index contributed by atoms with van der Waals surface area (Å²) >= 11 is 6.23. The molecule has 0 bridgehead atoms. The highest BCUT2D eigenvalue weighted by Gasteiger charge is 2.13. The van der Waals surface area contributed by atoms with Crippen LogP contribution >= 0.6 is 11.6 Å². The minimum Gasteiger partial charge on any atom is -0.317 e. The largest absolute Gasteiger partial charge is 0.317 e. The van der Waals surface area contributed by atoms with E-state index in [1.807, 2.05) is 18.2 Å². The SMILES string of the molecule is CCCNCCCN(C)C(C)c1ccccc1Cl. The number of halogens is 1. The normalized spacial score (nSPS) is 12.9. The van der Waals surface area contributed by atoms with Crippen LogP contribution in [0.1, 0.15) is 38.3 Å². The molecular weight excluding hydrogens is 244 g/mol. The van der Waals surface area contributed by atoms with Crippen LogP contribution < -0.4 is 5.32 Å². The molecule has 1 aromatic carbocycles. The molecule has 3 heteroatoms. The van der Waals surface area contributed by atoms with E-state index >= 15 is 0 Å². The van der Waals surface area contributed by atoms with Gasteiger partial charge in [-0.25, -0.2) is 0 Å². The van der Waals surface area contributed by atoms with E-state index in [1.54, 1.807) is 0 Å². The standard InChI is InChI=1S/C15H25ClN2/c1-4-10-17-11-7-12-18(3)13(2)14-8-5-6-9-15(14)16/h5-6,8-9,13,17H,4,7,10-12H2,1-3H3. The van der Waals surface area contributed by atoms with Gasteiger partial charge in [0.25, 0.3) is 0 Å². The zero-order chi connectivity index (χ0) is 13.4. The van der Waals surface area contributed by atoms with Gasteiger partial charge in [0, 0.05) is 11.1 Å². The monoisotopic (exact) mass is 268 g/mol. The number of hydrogen-bond acceptors (Lipinski definition) is 2. The predicted octanol–water partition coefficient (Wildman–Crippen LogP) is 3.72. The van der Waals surface area contributed by atoms with E-state index in [9.17, 15) is 0 Å². The summed E-state index contributed by atoms with van der Waals surface area (Å²) in [5.74, 6) is 0. The molecule has 1 rings (SSSR count). The van der Waals surface area contributed by atoms with Crippen LogP contribution in [-0.2, 0) is 0 Å². The topological polar surface area (TPSA) is 15.3 Å². The zero-order valence-electron chi connectivity index (χ0n) is 11.7. The van der Waals surface area contributed by atoms with Crippen molar-refractivity contribution in [1.82, 2.24) is 10.2 Å². The highest BCUT2D eigenvalue weighted by molar-refractivity contribution is 6.31. The molecule has 1 unspecified atom stereocenters. The molecule has 1 N–H and O–H groups in total. The third-order valence-electron chi connectivity index (χ3n) is 3.31. The molecule has 0 heterocycles. The highest BCUT2D eigenvalue weighted by Crippen LogP contribution is 2.25. The lowest BCUT2D eigenvalue weighted by Crippen LogP contribution is -2.27. The average Bonchev–Trinajstić information content (AvgIpc) is 2.38. The quantitative estimate of drug-likeness (QED) is 0.723. The van der Waals surface area contributed by atoms with Gasteiger partial charge in [-0.15, -0.1) is 0 Å². The Bertz CT molecular complexity index is 341. The highest BCUT2D eigenvalue weighted by atomic mass is 35.5. The van der Waals surface area contributed by atoms with Crippen molar-refractivity contribution in [2.24, 2.45) is 0 Å². The maximum Gasteiger partial charge on any atom is 0.0453 e. The lowest BCUT2D eigenvalue weighted by atomic mass is 10.1. The Morgan fingerprint density at radius 2 is 2.00 bits per heavy atom. The van der Waals surface area contributed by atoms with Crippen LogP contribution in [0, 0.1) is 0 Å². The van der Waals surface area contributed by atoms with Crippen molar-refractivity contribution in [2.45, 2.75) is 32.7 Å². The molecule has 18 heavy (non-hydrogen) atoms. The molecule has 0 saturated heterocycles. The first kappa shape index (κ1) is 15.5. The molecule has 0 amide bonds. The zero-order valence-corrected chi connectivity index (χ0v) is 12.5. The van der Waals surface area contributed by atoms with Gasteiger partial charge < -0.3 is 5.32 Å². The Labute approximate surface area is 116 Å². The fourth-order valence-corrected chi connectivity index (χ4v) is 2.29. The summed E-state index contributed by atoms with van der Waals surface area (Å²) in [5, 5.41) is 4.29. The van der Waals surface area contributed by atoms with Crippen LogP contribution in [0.5, 0.6) is 0 Å². The third kappa shape index (κ3) is 4.97. The fourth-order valence-electron chi connectivity index (χ4n) is 2.00. The van der Waals surface area contributed by atoms with Gasteiger partial charge in [-0.2, -0.15) is 0 Å². The van der Waals surface area contributed by atoms with Crippen molar-refractivity contribution in [3.05, 3.63) is 34.9 Å². The molecule has 0 aliphatic heterocycles. The van der Waals surface area contributed by atoms with Gasteiger partial charge in [0.05, 0.1) is 0 Å². The number of benzene rings is 1. The van der Waals surface area contributed by atoms with Gasteiger partial charge in [0.1, 0.15) is 0 Å². The molecule has 102 valence electrons. The van der Waals surface area contributed by atoms with Crippen LogP contribution in [-0.4, -0.2) is 31.6 Å². The van der Waals surface area contributed by atoms with Crippen molar-refractivity contribution in [3.63, 3.8) is 0 Å². The Balaban J connectivity index is 2.37. The maximum absolute atomic E-state index is 6.23. The summed E-state index contributed by atoms with van der Waals surface area (Å²) in [7, 11) is 2.16. The molecule has 0 spiro atoms. The number of hydrogen-bond donors (Lipinski definition) is 1. The summed E-state index contributed by atoms with van der Waals surface area (Å²) in [4.78, 5) is 2.36. The summed E-state index contributed by atoms with van der Waals surface area (Å²) in [5.41, 5.74) is 1.21. The van der Waals surface area contributed by atoms with Crippen molar-refractivity contribution in [3.8, 4) is 0 Å². The summed E-state index contributed by atoms with van der Waals surface area (Å²) in [6.45, 7) is 7.69. The Kier molecular flexibility index (Phi) is 7.33. The molecule has 0 aliphatic rings. The van der Waals surface area contributed by atoms with Crippen LogP contribution in [0.3, 0.4) is 0 Å². The number of rotatable bonds is 8. The lowest BCUT2D eigenvalue weighted by molar-refractivity contribution is 0.257. The van der Waals surface area contributed by atoms with Crippen molar-refractivity contribution in [1.29, 1.82) is 0 Å². The molecule has 0 aliphatic carbocycles. The summed E-state index contributed by atoms with van der Waals surface area (Å²) < 4.78 is 0. The van der Waals surface area contributed by atoms with E-state index in [0.717, 1.165) is 24.7 Å². The second-order valence-corrected chi connectivity index (χ2v) is 5.19. The van der Waals surface area contributed by atoms with Crippen LogP contribution in [0.4, 0.5) is 0 Å². The average molecular weight is 269 g/mol.